The van der Waals surface area contributed by atoms with Gasteiger partial charge in [0.2, 0.25) is 0 Å². The molecule has 1 fully saturated rings. The molecule has 0 aliphatic carbocycles. The fourth-order valence-corrected chi connectivity index (χ4v) is 3.35. The first-order valence-electron chi connectivity index (χ1n) is 7.02. The van der Waals surface area contributed by atoms with Gasteiger partial charge in [0.05, 0.1) is 15.2 Å². The van der Waals surface area contributed by atoms with Gasteiger partial charge in [0.15, 0.2) is 0 Å². The molecule has 2 aromatic rings. The van der Waals surface area contributed by atoms with Crippen LogP contribution >= 0.6 is 27.5 Å². The molecule has 0 radical (unpaired) electrons. The lowest BCUT2D eigenvalue weighted by Crippen LogP contribution is -2.47. The highest BCUT2D eigenvalue weighted by Crippen LogP contribution is 2.30. The number of pyridine rings is 1. The van der Waals surface area contributed by atoms with Gasteiger partial charge in [-0.25, -0.2) is 4.98 Å². The zero-order chi connectivity index (χ0) is 14.8. The van der Waals surface area contributed by atoms with Crippen LogP contribution in [0.2, 0.25) is 5.02 Å². The van der Waals surface area contributed by atoms with Crippen molar-refractivity contribution in [2.75, 3.05) is 36.0 Å². The molecular weight excluding hydrogens is 350 g/mol. The summed E-state index contributed by atoms with van der Waals surface area (Å²) in [6.45, 7) is 5.88. The highest BCUT2D eigenvalue weighted by molar-refractivity contribution is 9.10. The monoisotopic (exact) mass is 365 g/mol. The molecule has 1 aliphatic rings. The molecule has 0 unspecified atom stereocenters. The van der Waals surface area contributed by atoms with E-state index in [-0.39, 0.29) is 0 Å². The highest BCUT2D eigenvalue weighted by Gasteiger charge is 2.21. The molecule has 0 spiro atoms. The Morgan fingerprint density at radius 3 is 2.43 bits per heavy atom. The van der Waals surface area contributed by atoms with Crippen LogP contribution in [0.1, 0.15) is 5.56 Å². The van der Waals surface area contributed by atoms with Gasteiger partial charge in [0, 0.05) is 32.4 Å². The second-order valence-corrected chi connectivity index (χ2v) is 6.39. The number of hydrogen-bond donors (Lipinski definition) is 0. The molecule has 0 bridgehead atoms. The fourth-order valence-electron chi connectivity index (χ4n) is 2.61. The van der Waals surface area contributed by atoms with E-state index in [2.05, 4.69) is 43.7 Å². The number of piperazine rings is 1. The number of benzene rings is 1. The minimum atomic E-state index is 0.820. The second kappa shape index (κ2) is 6.24. The van der Waals surface area contributed by atoms with Crippen LogP contribution in [0.25, 0.3) is 0 Å². The van der Waals surface area contributed by atoms with Gasteiger partial charge in [0.25, 0.3) is 0 Å². The molecule has 0 amide bonds. The number of aryl methyl sites for hydroxylation is 1. The van der Waals surface area contributed by atoms with Crippen molar-refractivity contribution in [3.8, 4) is 0 Å². The summed E-state index contributed by atoms with van der Waals surface area (Å²) in [5.74, 6) is 1.04. The zero-order valence-electron chi connectivity index (χ0n) is 11.9. The molecule has 5 heteroatoms. The number of aromatic nitrogens is 1. The Balaban J connectivity index is 1.74. The molecule has 1 aromatic carbocycles. The minimum absolute atomic E-state index is 0.820. The molecule has 3 rings (SSSR count). The topological polar surface area (TPSA) is 19.4 Å². The van der Waals surface area contributed by atoms with Crippen LogP contribution in [0.4, 0.5) is 11.5 Å². The van der Waals surface area contributed by atoms with Gasteiger partial charge in [0.1, 0.15) is 5.82 Å². The summed E-state index contributed by atoms with van der Waals surface area (Å²) in [5.41, 5.74) is 2.34. The second-order valence-electron chi connectivity index (χ2n) is 5.19. The molecule has 21 heavy (non-hydrogen) atoms. The normalized spacial score (nSPS) is 15.4. The Hall–Kier alpha value is -1.26. The average Bonchev–Trinajstić information content (AvgIpc) is 2.51. The molecule has 0 saturated carbocycles. The third-order valence-electron chi connectivity index (χ3n) is 3.84. The van der Waals surface area contributed by atoms with Gasteiger partial charge in [-0.2, -0.15) is 0 Å². The number of anilines is 2. The van der Waals surface area contributed by atoms with Gasteiger partial charge in [-0.05, 0) is 46.6 Å². The third-order valence-corrected chi connectivity index (χ3v) is 5.14. The predicted octanol–water partition coefficient (Wildman–Crippen LogP) is 4.13. The van der Waals surface area contributed by atoms with E-state index in [9.17, 15) is 0 Å². The van der Waals surface area contributed by atoms with Gasteiger partial charge in [-0.15, -0.1) is 0 Å². The third kappa shape index (κ3) is 3.01. The Bertz CT molecular complexity index is 639. The molecule has 2 heterocycles. The van der Waals surface area contributed by atoms with Gasteiger partial charge >= 0.3 is 0 Å². The Morgan fingerprint density at radius 1 is 1.05 bits per heavy atom. The number of nitrogens with zero attached hydrogens (tertiary/aromatic N) is 3. The Kier molecular flexibility index (Phi) is 4.36. The van der Waals surface area contributed by atoms with E-state index in [1.165, 1.54) is 5.56 Å². The standard InChI is InChI=1S/C16H17BrClN3/c1-12-6-7-19-16(15(12)17)21-10-8-20(9-11-21)14-5-3-2-4-13(14)18/h2-7H,8-11H2,1H3. The molecule has 0 N–H and O–H groups in total. The molecule has 0 atom stereocenters. The lowest BCUT2D eigenvalue weighted by atomic mass is 10.2. The van der Waals surface area contributed by atoms with E-state index in [1.54, 1.807) is 0 Å². The van der Waals surface area contributed by atoms with E-state index in [0.717, 1.165) is 47.2 Å². The van der Waals surface area contributed by atoms with Crippen LogP contribution in [-0.2, 0) is 0 Å². The van der Waals surface area contributed by atoms with Crippen LogP contribution < -0.4 is 9.80 Å². The molecular formula is C16H17BrClN3. The lowest BCUT2D eigenvalue weighted by Gasteiger charge is -2.37. The molecule has 110 valence electrons. The summed E-state index contributed by atoms with van der Waals surface area (Å²) >= 11 is 9.93. The predicted molar refractivity (Wildman–Crippen MR) is 92.6 cm³/mol. The Morgan fingerprint density at radius 2 is 1.71 bits per heavy atom. The maximum absolute atomic E-state index is 6.28. The molecule has 1 aromatic heterocycles. The molecule has 3 nitrogen and oxygen atoms in total. The van der Waals surface area contributed by atoms with E-state index < -0.39 is 0 Å². The quantitative estimate of drug-likeness (QED) is 0.796. The van der Waals surface area contributed by atoms with Crippen molar-refractivity contribution in [2.45, 2.75) is 6.92 Å². The summed E-state index contributed by atoms with van der Waals surface area (Å²) in [4.78, 5) is 9.17. The van der Waals surface area contributed by atoms with Crippen LogP contribution in [0.15, 0.2) is 41.0 Å². The summed E-state index contributed by atoms with van der Waals surface area (Å²) in [7, 11) is 0. The summed E-state index contributed by atoms with van der Waals surface area (Å²) in [6, 6.07) is 10.1. The number of hydrogen-bond acceptors (Lipinski definition) is 3. The van der Waals surface area contributed by atoms with Crippen molar-refractivity contribution in [3.05, 3.63) is 51.6 Å². The van der Waals surface area contributed by atoms with Crippen LogP contribution in [0.5, 0.6) is 0 Å². The first-order chi connectivity index (χ1) is 10.2. The van der Waals surface area contributed by atoms with Crippen molar-refractivity contribution < 1.29 is 0 Å². The minimum Gasteiger partial charge on any atom is -0.367 e. The first-order valence-corrected chi connectivity index (χ1v) is 8.19. The average molecular weight is 367 g/mol. The molecule has 1 saturated heterocycles. The van der Waals surface area contributed by atoms with Crippen molar-refractivity contribution in [2.24, 2.45) is 0 Å². The van der Waals surface area contributed by atoms with E-state index in [0.29, 0.717) is 0 Å². The fraction of sp³-hybridized carbons (Fsp3) is 0.312. The number of rotatable bonds is 2. The van der Waals surface area contributed by atoms with Gasteiger partial charge < -0.3 is 9.80 Å². The van der Waals surface area contributed by atoms with Crippen molar-refractivity contribution in [3.63, 3.8) is 0 Å². The maximum atomic E-state index is 6.28. The number of para-hydroxylation sites is 1. The molecule has 1 aliphatic heterocycles. The first kappa shape index (κ1) is 14.7. The zero-order valence-corrected chi connectivity index (χ0v) is 14.2. The lowest BCUT2D eigenvalue weighted by molar-refractivity contribution is 0.646. The van der Waals surface area contributed by atoms with E-state index in [4.69, 9.17) is 11.6 Å². The SMILES string of the molecule is Cc1ccnc(N2CCN(c3ccccc3Cl)CC2)c1Br. The summed E-state index contributed by atoms with van der Waals surface area (Å²) < 4.78 is 1.09. The van der Waals surface area contributed by atoms with E-state index in [1.807, 2.05) is 30.5 Å². The summed E-state index contributed by atoms with van der Waals surface area (Å²) in [5, 5.41) is 0.820. The van der Waals surface area contributed by atoms with Crippen LogP contribution in [0, 0.1) is 6.92 Å². The van der Waals surface area contributed by atoms with Crippen molar-refractivity contribution >= 4 is 39.0 Å². The van der Waals surface area contributed by atoms with E-state index >= 15 is 0 Å². The smallest absolute Gasteiger partial charge is 0.143 e. The van der Waals surface area contributed by atoms with Gasteiger partial charge in [-0.1, -0.05) is 23.7 Å². The highest BCUT2D eigenvalue weighted by atomic mass is 79.9. The van der Waals surface area contributed by atoms with Crippen molar-refractivity contribution in [1.82, 2.24) is 4.98 Å². The number of halogens is 2. The maximum Gasteiger partial charge on any atom is 0.143 e. The Labute approximate surface area is 138 Å². The largest absolute Gasteiger partial charge is 0.367 e. The van der Waals surface area contributed by atoms with Crippen molar-refractivity contribution in [1.29, 1.82) is 0 Å². The van der Waals surface area contributed by atoms with Crippen LogP contribution in [0.3, 0.4) is 0 Å². The van der Waals surface area contributed by atoms with Gasteiger partial charge in [-0.3, -0.25) is 0 Å². The summed E-state index contributed by atoms with van der Waals surface area (Å²) in [6.07, 6.45) is 1.87. The van der Waals surface area contributed by atoms with Crippen LogP contribution in [-0.4, -0.2) is 31.2 Å².